The second-order valence-corrected chi connectivity index (χ2v) is 4.18. The third kappa shape index (κ3) is 2.00. The molecule has 3 N–H and O–H groups in total. The van der Waals surface area contributed by atoms with Gasteiger partial charge >= 0.3 is 0 Å². The zero-order valence-electron chi connectivity index (χ0n) is 9.73. The molecule has 0 saturated carbocycles. The van der Waals surface area contributed by atoms with E-state index in [1.54, 1.807) is 0 Å². The summed E-state index contributed by atoms with van der Waals surface area (Å²) in [6.07, 6.45) is 5.58. The number of fused-ring (bicyclic) bond motifs is 1. The quantitative estimate of drug-likeness (QED) is 0.646. The van der Waals surface area contributed by atoms with E-state index >= 15 is 0 Å². The Morgan fingerprint density at radius 2 is 2.11 bits per heavy atom. The van der Waals surface area contributed by atoms with Crippen molar-refractivity contribution in [1.82, 2.24) is 15.3 Å². The molecule has 4 nitrogen and oxygen atoms in total. The topological polar surface area (TPSA) is 60.7 Å². The Kier molecular flexibility index (Phi) is 2.61. The maximum Gasteiger partial charge on any atom is 0.251 e. The lowest BCUT2D eigenvalue weighted by Crippen LogP contribution is -2.22. The Hall–Kier alpha value is -2.49. The normalized spacial score (nSPS) is 10.7. The summed E-state index contributed by atoms with van der Waals surface area (Å²) < 4.78 is 0. The van der Waals surface area contributed by atoms with E-state index in [4.69, 9.17) is 0 Å². The third-order valence-electron chi connectivity index (χ3n) is 2.93. The lowest BCUT2D eigenvalue weighted by atomic mass is 10.1. The zero-order chi connectivity index (χ0) is 12.4. The summed E-state index contributed by atoms with van der Waals surface area (Å²) in [7, 11) is 0. The fraction of sp³-hybridized carbons (Fsp3) is 0.0714. The molecule has 90 valence electrons. The minimum atomic E-state index is -0.0623. The van der Waals surface area contributed by atoms with Gasteiger partial charge in [-0.2, -0.15) is 0 Å². The number of hydrogen-bond acceptors (Lipinski definition) is 1. The molecule has 0 bridgehead atoms. The predicted molar refractivity (Wildman–Crippen MR) is 70.3 cm³/mol. The Labute approximate surface area is 104 Å². The van der Waals surface area contributed by atoms with Crippen LogP contribution in [0.3, 0.4) is 0 Å². The number of amides is 1. The summed E-state index contributed by atoms with van der Waals surface area (Å²) in [6, 6.07) is 9.56. The molecule has 2 aromatic heterocycles. The first kappa shape index (κ1) is 10.7. The number of aromatic amines is 2. The average Bonchev–Trinajstić information content (AvgIpc) is 3.05. The van der Waals surface area contributed by atoms with Gasteiger partial charge in [-0.3, -0.25) is 4.79 Å². The third-order valence-corrected chi connectivity index (χ3v) is 2.93. The van der Waals surface area contributed by atoms with Crippen molar-refractivity contribution in [2.75, 3.05) is 0 Å². The number of carbonyl (C=O) groups is 1. The number of rotatable bonds is 3. The van der Waals surface area contributed by atoms with Gasteiger partial charge in [-0.15, -0.1) is 0 Å². The first-order chi connectivity index (χ1) is 8.83. The van der Waals surface area contributed by atoms with Gasteiger partial charge in [-0.25, -0.2) is 0 Å². The van der Waals surface area contributed by atoms with Crippen molar-refractivity contribution >= 4 is 16.8 Å². The molecule has 2 heterocycles. The minimum Gasteiger partial charge on any atom is -0.367 e. The lowest BCUT2D eigenvalue weighted by molar-refractivity contribution is 0.0951. The van der Waals surface area contributed by atoms with Crippen LogP contribution in [-0.2, 0) is 6.54 Å². The molecule has 0 aliphatic rings. The molecular weight excluding hydrogens is 226 g/mol. The molecule has 1 amide bonds. The maximum atomic E-state index is 12.0. The van der Waals surface area contributed by atoms with Crippen LogP contribution in [0.5, 0.6) is 0 Å². The van der Waals surface area contributed by atoms with Gasteiger partial charge in [0.15, 0.2) is 0 Å². The second kappa shape index (κ2) is 4.41. The van der Waals surface area contributed by atoms with Gasteiger partial charge < -0.3 is 15.3 Å². The summed E-state index contributed by atoms with van der Waals surface area (Å²) in [6.45, 7) is 0.533. The van der Waals surface area contributed by atoms with E-state index in [0.717, 1.165) is 16.5 Å². The molecule has 0 unspecified atom stereocenters. The summed E-state index contributed by atoms with van der Waals surface area (Å²) in [5, 5.41) is 3.99. The fourth-order valence-corrected chi connectivity index (χ4v) is 1.94. The Morgan fingerprint density at radius 1 is 1.17 bits per heavy atom. The molecule has 0 radical (unpaired) electrons. The van der Waals surface area contributed by atoms with E-state index < -0.39 is 0 Å². The van der Waals surface area contributed by atoms with Crippen LogP contribution < -0.4 is 5.32 Å². The van der Waals surface area contributed by atoms with Crippen LogP contribution in [0.4, 0.5) is 0 Å². The molecule has 18 heavy (non-hydrogen) atoms. The van der Waals surface area contributed by atoms with Gasteiger partial charge in [0.05, 0.1) is 0 Å². The van der Waals surface area contributed by atoms with Crippen LogP contribution in [-0.4, -0.2) is 15.9 Å². The number of H-pyrrole nitrogens is 2. The van der Waals surface area contributed by atoms with E-state index in [2.05, 4.69) is 15.3 Å². The van der Waals surface area contributed by atoms with Crippen LogP contribution in [0, 0.1) is 0 Å². The first-order valence-electron chi connectivity index (χ1n) is 5.80. The molecule has 4 heteroatoms. The summed E-state index contributed by atoms with van der Waals surface area (Å²) in [5.74, 6) is -0.0623. The number of nitrogens with one attached hydrogen (secondary N) is 3. The number of aromatic nitrogens is 2. The number of carbonyl (C=O) groups excluding carboxylic acids is 1. The predicted octanol–water partition coefficient (Wildman–Crippen LogP) is 2.43. The molecule has 0 aliphatic carbocycles. The number of hydrogen-bond donors (Lipinski definition) is 3. The maximum absolute atomic E-state index is 12.0. The standard InChI is InChI=1S/C14H13N3O/c18-14(17-9-10-3-5-15-8-10)12-2-1-11-4-6-16-13(11)7-12/h1-8,15-16H,9H2,(H,17,18). The highest BCUT2D eigenvalue weighted by atomic mass is 16.1. The highest BCUT2D eigenvalue weighted by Gasteiger charge is 2.06. The molecule has 0 spiro atoms. The van der Waals surface area contributed by atoms with E-state index in [1.165, 1.54) is 0 Å². The van der Waals surface area contributed by atoms with E-state index in [-0.39, 0.29) is 5.91 Å². The summed E-state index contributed by atoms with van der Waals surface area (Å²) >= 11 is 0. The molecule has 3 rings (SSSR count). The largest absolute Gasteiger partial charge is 0.367 e. The van der Waals surface area contributed by atoms with Crippen LogP contribution >= 0.6 is 0 Å². The van der Waals surface area contributed by atoms with Crippen molar-refractivity contribution in [3.63, 3.8) is 0 Å². The van der Waals surface area contributed by atoms with Crippen LogP contribution in [0.2, 0.25) is 0 Å². The smallest absolute Gasteiger partial charge is 0.251 e. The van der Waals surface area contributed by atoms with Crippen LogP contribution in [0.1, 0.15) is 15.9 Å². The van der Waals surface area contributed by atoms with Gasteiger partial charge in [0.1, 0.15) is 0 Å². The highest BCUT2D eigenvalue weighted by molar-refractivity contribution is 5.97. The van der Waals surface area contributed by atoms with Crippen molar-refractivity contribution in [2.45, 2.75) is 6.54 Å². The molecule has 0 saturated heterocycles. The van der Waals surface area contributed by atoms with Crippen molar-refractivity contribution in [3.8, 4) is 0 Å². The summed E-state index contributed by atoms with van der Waals surface area (Å²) in [4.78, 5) is 18.0. The van der Waals surface area contributed by atoms with Crippen molar-refractivity contribution in [1.29, 1.82) is 0 Å². The second-order valence-electron chi connectivity index (χ2n) is 4.18. The van der Waals surface area contributed by atoms with Gasteiger partial charge in [0.2, 0.25) is 0 Å². The van der Waals surface area contributed by atoms with E-state index in [0.29, 0.717) is 12.1 Å². The fourth-order valence-electron chi connectivity index (χ4n) is 1.94. The minimum absolute atomic E-state index is 0.0623. The zero-order valence-corrected chi connectivity index (χ0v) is 9.73. The average molecular weight is 239 g/mol. The lowest BCUT2D eigenvalue weighted by Gasteiger charge is -2.04. The monoisotopic (exact) mass is 239 g/mol. The van der Waals surface area contributed by atoms with Gasteiger partial charge in [-0.05, 0) is 35.2 Å². The van der Waals surface area contributed by atoms with Crippen molar-refractivity contribution in [3.05, 3.63) is 60.0 Å². The molecule has 1 aromatic carbocycles. The van der Waals surface area contributed by atoms with E-state index in [9.17, 15) is 4.79 Å². The van der Waals surface area contributed by atoms with Crippen molar-refractivity contribution < 1.29 is 4.79 Å². The molecule has 0 fully saturated rings. The van der Waals surface area contributed by atoms with E-state index in [1.807, 2.05) is 48.9 Å². The van der Waals surface area contributed by atoms with Gasteiger partial charge in [0.25, 0.3) is 5.91 Å². The first-order valence-corrected chi connectivity index (χ1v) is 5.80. The highest BCUT2D eigenvalue weighted by Crippen LogP contribution is 2.14. The molecular formula is C14H13N3O. The van der Waals surface area contributed by atoms with Gasteiger partial charge in [-0.1, -0.05) is 6.07 Å². The molecule has 0 aliphatic heterocycles. The van der Waals surface area contributed by atoms with Gasteiger partial charge in [0, 0.05) is 36.2 Å². The molecule has 0 atom stereocenters. The Bertz CT molecular complexity index is 667. The SMILES string of the molecule is O=C(NCc1cc[nH]c1)c1ccc2cc[nH]c2c1. The number of benzene rings is 1. The van der Waals surface area contributed by atoms with Crippen LogP contribution in [0.25, 0.3) is 10.9 Å². The Balaban J connectivity index is 1.75. The summed E-state index contributed by atoms with van der Waals surface area (Å²) in [5.41, 5.74) is 2.70. The molecule has 3 aromatic rings. The van der Waals surface area contributed by atoms with Crippen molar-refractivity contribution in [2.24, 2.45) is 0 Å². The van der Waals surface area contributed by atoms with Crippen LogP contribution in [0.15, 0.2) is 48.9 Å². The Morgan fingerprint density at radius 3 is 2.94 bits per heavy atom.